The molecular formula is C13H28NO+. The number of rotatable bonds is 7. The number of hydrogen-bond donors (Lipinski definition) is 0. The fraction of sp³-hybridized carbons (Fsp3) is 0.846. The van der Waals surface area contributed by atoms with Crippen LogP contribution in [0, 0.1) is 0 Å². The summed E-state index contributed by atoms with van der Waals surface area (Å²) in [6.07, 6.45) is 1.12. The van der Waals surface area contributed by atoms with Crippen molar-refractivity contribution in [1.82, 2.24) is 0 Å². The molecule has 0 aliphatic heterocycles. The quantitative estimate of drug-likeness (QED) is 0.358. The van der Waals surface area contributed by atoms with E-state index in [1.54, 1.807) is 0 Å². The van der Waals surface area contributed by atoms with Crippen molar-refractivity contribution >= 4 is 0 Å². The van der Waals surface area contributed by atoms with E-state index >= 15 is 0 Å². The van der Waals surface area contributed by atoms with Gasteiger partial charge in [-0.05, 0) is 40.2 Å². The van der Waals surface area contributed by atoms with Gasteiger partial charge in [-0.25, -0.2) is 0 Å². The molecule has 0 spiro atoms. The molecule has 0 heterocycles. The van der Waals surface area contributed by atoms with Crippen molar-refractivity contribution in [2.75, 3.05) is 19.7 Å². The van der Waals surface area contributed by atoms with Gasteiger partial charge in [-0.15, -0.1) is 0 Å². The Labute approximate surface area is 95.5 Å². The molecule has 0 saturated carbocycles. The normalized spacial score (nSPS) is 12.9. The van der Waals surface area contributed by atoms with Crippen LogP contribution in [0.2, 0.25) is 0 Å². The maximum Gasteiger partial charge on any atom is 0.127 e. The molecule has 90 valence electrons. The molecule has 0 fully saturated rings. The van der Waals surface area contributed by atoms with E-state index in [9.17, 15) is 0 Å². The summed E-state index contributed by atoms with van der Waals surface area (Å²) in [5.41, 5.74) is 1.25. The number of nitrogens with zero attached hydrogens (tertiary/aromatic N) is 1. The average Bonchev–Trinajstić information content (AvgIpc) is 2.19. The van der Waals surface area contributed by atoms with Gasteiger partial charge < -0.3 is 0 Å². The predicted octanol–water partition coefficient (Wildman–Crippen LogP) is 3.54. The van der Waals surface area contributed by atoms with Crippen molar-refractivity contribution in [2.24, 2.45) is 0 Å². The Morgan fingerprint density at radius 3 is 1.93 bits per heavy atom. The smallest absolute Gasteiger partial charge is 0.127 e. The molecular weight excluding hydrogens is 186 g/mol. The largest absolute Gasteiger partial charge is 0.198 e. The first-order valence-electron chi connectivity index (χ1n) is 6.01. The van der Waals surface area contributed by atoms with E-state index in [2.05, 4.69) is 41.2 Å². The van der Waals surface area contributed by atoms with E-state index < -0.39 is 0 Å². The lowest BCUT2D eigenvalue weighted by molar-refractivity contribution is -1.14. The topological polar surface area (TPSA) is 9.23 Å². The molecule has 0 radical (unpaired) electrons. The lowest BCUT2D eigenvalue weighted by Crippen LogP contribution is -2.61. The fourth-order valence-corrected chi connectivity index (χ4v) is 1.96. The van der Waals surface area contributed by atoms with Crippen molar-refractivity contribution in [3.8, 4) is 0 Å². The monoisotopic (exact) mass is 214 g/mol. The van der Waals surface area contributed by atoms with Crippen LogP contribution in [0.15, 0.2) is 12.2 Å². The van der Waals surface area contributed by atoms with E-state index in [-0.39, 0.29) is 5.54 Å². The van der Waals surface area contributed by atoms with Crippen LogP contribution in [0.25, 0.3) is 0 Å². The van der Waals surface area contributed by atoms with Gasteiger partial charge in [-0.3, -0.25) is 0 Å². The molecule has 0 aromatic rings. The SMILES string of the molecule is C=C(C)CO[N+](CC)(CC)C(C)(C)CC. The van der Waals surface area contributed by atoms with Crippen molar-refractivity contribution in [1.29, 1.82) is 0 Å². The summed E-state index contributed by atoms with van der Waals surface area (Å²) < 4.78 is 0.719. The first-order chi connectivity index (χ1) is 6.85. The van der Waals surface area contributed by atoms with E-state index in [0.29, 0.717) is 6.61 Å². The van der Waals surface area contributed by atoms with Crippen LogP contribution in [-0.4, -0.2) is 29.9 Å². The summed E-state index contributed by atoms with van der Waals surface area (Å²) in [5.74, 6) is 0. The highest BCUT2D eigenvalue weighted by molar-refractivity contribution is 4.86. The summed E-state index contributed by atoms with van der Waals surface area (Å²) in [6.45, 7) is 19.7. The van der Waals surface area contributed by atoms with Crippen molar-refractivity contribution in [2.45, 2.75) is 53.5 Å². The Balaban J connectivity index is 4.79. The Morgan fingerprint density at radius 1 is 1.20 bits per heavy atom. The second kappa shape index (κ2) is 5.66. The molecule has 0 aliphatic rings. The lowest BCUT2D eigenvalue weighted by atomic mass is 9.98. The zero-order chi connectivity index (χ0) is 12.1. The fourth-order valence-electron chi connectivity index (χ4n) is 1.96. The summed E-state index contributed by atoms with van der Waals surface area (Å²) >= 11 is 0. The Morgan fingerprint density at radius 2 is 1.67 bits per heavy atom. The Hall–Kier alpha value is -0.340. The molecule has 0 bridgehead atoms. The second-order valence-corrected chi connectivity index (χ2v) is 4.92. The van der Waals surface area contributed by atoms with Gasteiger partial charge in [-0.1, -0.05) is 13.5 Å². The van der Waals surface area contributed by atoms with Crippen LogP contribution in [-0.2, 0) is 4.84 Å². The summed E-state index contributed by atoms with van der Waals surface area (Å²) in [5, 5.41) is 0. The highest BCUT2D eigenvalue weighted by Gasteiger charge is 2.42. The van der Waals surface area contributed by atoms with Gasteiger partial charge in [0, 0.05) is 6.42 Å². The maximum atomic E-state index is 6.08. The highest BCUT2D eigenvalue weighted by Crippen LogP contribution is 2.28. The molecule has 0 rings (SSSR count). The average molecular weight is 214 g/mol. The molecule has 2 heteroatoms. The third-order valence-corrected chi connectivity index (χ3v) is 3.55. The molecule has 0 amide bonds. The molecule has 0 aliphatic carbocycles. The van der Waals surface area contributed by atoms with Crippen LogP contribution in [0.4, 0.5) is 0 Å². The van der Waals surface area contributed by atoms with Crippen LogP contribution in [0.3, 0.4) is 0 Å². The van der Waals surface area contributed by atoms with Gasteiger partial charge in [0.2, 0.25) is 0 Å². The molecule has 0 atom stereocenters. The van der Waals surface area contributed by atoms with Crippen LogP contribution in [0.1, 0.15) is 48.0 Å². The van der Waals surface area contributed by atoms with Crippen LogP contribution >= 0.6 is 0 Å². The molecule has 2 nitrogen and oxygen atoms in total. The standard InChI is InChI=1S/C13H28NO/c1-8-13(6,7)14(9-2,10-3)15-11-12(4)5/h4,8-11H2,1-3,5-7H3/q+1. The number of hydrogen-bond acceptors (Lipinski definition) is 1. The van der Waals surface area contributed by atoms with E-state index in [1.165, 1.54) is 0 Å². The first-order valence-corrected chi connectivity index (χ1v) is 6.01. The van der Waals surface area contributed by atoms with Gasteiger partial charge in [0.05, 0.1) is 0 Å². The van der Waals surface area contributed by atoms with Crippen molar-refractivity contribution < 1.29 is 9.48 Å². The van der Waals surface area contributed by atoms with Gasteiger partial charge in [-0.2, -0.15) is 9.48 Å². The summed E-state index contributed by atoms with van der Waals surface area (Å²) in [4.78, 5) is 6.08. The molecule has 0 aromatic heterocycles. The van der Waals surface area contributed by atoms with E-state index in [1.807, 2.05) is 6.92 Å². The minimum Gasteiger partial charge on any atom is -0.198 e. The van der Waals surface area contributed by atoms with Gasteiger partial charge in [0.25, 0.3) is 0 Å². The Kier molecular flexibility index (Phi) is 5.54. The Bertz CT molecular complexity index is 205. The first kappa shape index (κ1) is 14.7. The zero-order valence-electron chi connectivity index (χ0n) is 11.4. The minimum atomic E-state index is 0.166. The highest BCUT2D eigenvalue weighted by atomic mass is 16.7. The van der Waals surface area contributed by atoms with Crippen molar-refractivity contribution in [3.05, 3.63) is 12.2 Å². The summed E-state index contributed by atoms with van der Waals surface area (Å²) in [7, 11) is 0. The molecule has 15 heavy (non-hydrogen) atoms. The minimum absolute atomic E-state index is 0.166. The summed E-state index contributed by atoms with van der Waals surface area (Å²) in [6, 6.07) is 0. The molecule has 0 saturated heterocycles. The van der Waals surface area contributed by atoms with Gasteiger partial charge in [0.15, 0.2) is 0 Å². The van der Waals surface area contributed by atoms with Gasteiger partial charge >= 0.3 is 0 Å². The molecule has 0 aromatic carbocycles. The molecule has 0 unspecified atom stereocenters. The van der Waals surface area contributed by atoms with Crippen molar-refractivity contribution in [3.63, 3.8) is 0 Å². The maximum absolute atomic E-state index is 6.08. The third kappa shape index (κ3) is 3.32. The van der Waals surface area contributed by atoms with E-state index in [0.717, 1.165) is 29.7 Å². The molecule has 0 N–H and O–H groups in total. The number of hydroxylamine groups is 3. The van der Waals surface area contributed by atoms with Crippen LogP contribution in [0.5, 0.6) is 0 Å². The van der Waals surface area contributed by atoms with Gasteiger partial charge in [0.1, 0.15) is 25.2 Å². The zero-order valence-corrected chi connectivity index (χ0v) is 11.4. The number of quaternary nitrogens is 1. The second-order valence-electron chi connectivity index (χ2n) is 4.92. The van der Waals surface area contributed by atoms with Crippen LogP contribution < -0.4 is 0 Å². The van der Waals surface area contributed by atoms with E-state index in [4.69, 9.17) is 4.84 Å². The lowest BCUT2D eigenvalue weighted by Gasteiger charge is -2.45. The predicted molar refractivity (Wildman–Crippen MR) is 66.5 cm³/mol. The third-order valence-electron chi connectivity index (χ3n) is 3.55.